The summed E-state index contributed by atoms with van der Waals surface area (Å²) in [6.45, 7) is 3.57. The van der Waals surface area contributed by atoms with E-state index in [0.717, 1.165) is 0 Å². The highest BCUT2D eigenvalue weighted by Gasteiger charge is 2.15. The van der Waals surface area contributed by atoms with Gasteiger partial charge in [0.05, 0.1) is 0 Å². The minimum absolute atomic E-state index is 0.230. The highest BCUT2D eigenvalue weighted by atomic mass is 16.1. The molecule has 0 aromatic carbocycles. The number of nitrogens with two attached hydrogens (primary N) is 2. The van der Waals surface area contributed by atoms with Crippen LogP contribution in [0.25, 0.3) is 0 Å². The highest BCUT2D eigenvalue weighted by Crippen LogP contribution is 2.05. The van der Waals surface area contributed by atoms with E-state index in [1.54, 1.807) is 20.0 Å². The molecule has 1 aromatic heterocycles. The standard InChI is InChI=1S/C7H12N4O/c1-7(2,9)11-4-3-5(10-11)6(8)12/h3-4H,9H2,1-2H3,(H2,8,12). The Kier molecular flexibility index (Phi) is 1.89. The molecule has 0 aliphatic heterocycles. The first-order valence-electron chi connectivity index (χ1n) is 3.56. The predicted molar refractivity (Wildman–Crippen MR) is 44.3 cm³/mol. The smallest absolute Gasteiger partial charge is 0.269 e. The van der Waals surface area contributed by atoms with Crippen LogP contribution < -0.4 is 11.5 Å². The molecule has 0 bridgehead atoms. The zero-order valence-corrected chi connectivity index (χ0v) is 7.11. The number of primary amides is 1. The van der Waals surface area contributed by atoms with Crippen LogP contribution >= 0.6 is 0 Å². The van der Waals surface area contributed by atoms with Crippen molar-refractivity contribution in [2.24, 2.45) is 11.5 Å². The molecule has 5 heteroatoms. The zero-order chi connectivity index (χ0) is 9.35. The summed E-state index contributed by atoms with van der Waals surface area (Å²) < 4.78 is 1.49. The number of amides is 1. The van der Waals surface area contributed by atoms with E-state index in [9.17, 15) is 4.79 Å². The van der Waals surface area contributed by atoms with Gasteiger partial charge in [-0.15, -0.1) is 0 Å². The van der Waals surface area contributed by atoms with E-state index in [2.05, 4.69) is 5.10 Å². The number of aromatic nitrogens is 2. The van der Waals surface area contributed by atoms with Crippen molar-refractivity contribution in [3.8, 4) is 0 Å². The molecular formula is C7H12N4O. The summed E-state index contributed by atoms with van der Waals surface area (Å²) in [6, 6.07) is 1.54. The number of hydrogen-bond donors (Lipinski definition) is 2. The van der Waals surface area contributed by atoms with E-state index in [-0.39, 0.29) is 5.69 Å². The van der Waals surface area contributed by atoms with Crippen LogP contribution in [0, 0.1) is 0 Å². The lowest BCUT2D eigenvalue weighted by atomic mass is 10.3. The summed E-state index contributed by atoms with van der Waals surface area (Å²) in [7, 11) is 0. The average molecular weight is 168 g/mol. The van der Waals surface area contributed by atoms with Crippen molar-refractivity contribution < 1.29 is 4.79 Å². The van der Waals surface area contributed by atoms with Crippen molar-refractivity contribution >= 4 is 5.91 Å². The van der Waals surface area contributed by atoms with Gasteiger partial charge in [-0.2, -0.15) is 5.10 Å². The SMILES string of the molecule is CC(C)(N)n1ccc(C(N)=O)n1. The Hall–Kier alpha value is -1.36. The Morgan fingerprint density at radius 1 is 1.67 bits per heavy atom. The van der Waals surface area contributed by atoms with Crippen LogP contribution in [0.3, 0.4) is 0 Å². The molecule has 4 N–H and O–H groups in total. The Morgan fingerprint density at radius 3 is 2.50 bits per heavy atom. The Labute approximate surface area is 70.3 Å². The van der Waals surface area contributed by atoms with Crippen LogP contribution in [0.1, 0.15) is 24.3 Å². The van der Waals surface area contributed by atoms with Gasteiger partial charge in [0.2, 0.25) is 0 Å². The van der Waals surface area contributed by atoms with Gasteiger partial charge in [-0.25, -0.2) is 0 Å². The van der Waals surface area contributed by atoms with Crippen molar-refractivity contribution in [3.63, 3.8) is 0 Å². The maximum Gasteiger partial charge on any atom is 0.269 e. The molecule has 12 heavy (non-hydrogen) atoms. The van der Waals surface area contributed by atoms with Gasteiger partial charge in [-0.3, -0.25) is 9.48 Å². The lowest BCUT2D eigenvalue weighted by Gasteiger charge is -2.18. The lowest BCUT2D eigenvalue weighted by molar-refractivity contribution is 0.0994. The number of carbonyl (C=O) groups excluding carboxylic acids is 1. The third-order valence-corrected chi connectivity index (χ3v) is 1.43. The minimum Gasteiger partial charge on any atom is -0.364 e. The normalized spacial score (nSPS) is 11.6. The van der Waals surface area contributed by atoms with Gasteiger partial charge < -0.3 is 11.5 Å². The van der Waals surface area contributed by atoms with Crippen LogP contribution in [0.5, 0.6) is 0 Å². The fourth-order valence-electron chi connectivity index (χ4n) is 0.776. The molecule has 0 aliphatic rings. The van der Waals surface area contributed by atoms with Crippen LogP contribution in [0.2, 0.25) is 0 Å². The summed E-state index contributed by atoms with van der Waals surface area (Å²) in [5.41, 5.74) is 10.4. The monoisotopic (exact) mass is 168 g/mol. The average Bonchev–Trinajstić information content (AvgIpc) is 2.30. The fraction of sp³-hybridized carbons (Fsp3) is 0.429. The van der Waals surface area contributed by atoms with Crippen LogP contribution in [0.4, 0.5) is 0 Å². The topological polar surface area (TPSA) is 86.9 Å². The quantitative estimate of drug-likeness (QED) is 0.631. The van der Waals surface area contributed by atoms with Gasteiger partial charge in [0.15, 0.2) is 0 Å². The summed E-state index contributed by atoms with van der Waals surface area (Å²) in [6.07, 6.45) is 1.63. The molecule has 0 atom stereocenters. The first-order valence-corrected chi connectivity index (χ1v) is 3.56. The Morgan fingerprint density at radius 2 is 2.25 bits per heavy atom. The Bertz CT molecular complexity index is 297. The van der Waals surface area contributed by atoms with Gasteiger partial charge in [-0.05, 0) is 19.9 Å². The third kappa shape index (κ3) is 1.62. The summed E-state index contributed by atoms with van der Waals surface area (Å²) in [5, 5.41) is 3.90. The van der Waals surface area contributed by atoms with E-state index in [1.807, 2.05) is 0 Å². The molecule has 5 nitrogen and oxygen atoms in total. The second-order valence-electron chi connectivity index (χ2n) is 3.16. The van der Waals surface area contributed by atoms with E-state index < -0.39 is 11.6 Å². The summed E-state index contributed by atoms with van der Waals surface area (Å²) >= 11 is 0. The molecule has 66 valence electrons. The molecule has 0 aliphatic carbocycles. The summed E-state index contributed by atoms with van der Waals surface area (Å²) in [5.74, 6) is -0.544. The maximum atomic E-state index is 10.6. The Balaban J connectivity index is 3.00. The van der Waals surface area contributed by atoms with Gasteiger partial charge in [0, 0.05) is 6.20 Å². The van der Waals surface area contributed by atoms with Crippen molar-refractivity contribution in [3.05, 3.63) is 18.0 Å². The van der Waals surface area contributed by atoms with Crippen molar-refractivity contribution in [1.82, 2.24) is 9.78 Å². The molecule has 0 unspecified atom stereocenters. The second kappa shape index (κ2) is 2.60. The largest absolute Gasteiger partial charge is 0.364 e. The minimum atomic E-state index is -0.603. The first-order chi connectivity index (χ1) is 5.41. The third-order valence-electron chi connectivity index (χ3n) is 1.43. The molecule has 0 saturated carbocycles. The van der Waals surface area contributed by atoms with Crippen molar-refractivity contribution in [1.29, 1.82) is 0 Å². The van der Waals surface area contributed by atoms with E-state index >= 15 is 0 Å². The molecule has 1 amide bonds. The summed E-state index contributed by atoms with van der Waals surface area (Å²) in [4.78, 5) is 10.6. The highest BCUT2D eigenvalue weighted by molar-refractivity contribution is 5.90. The van der Waals surface area contributed by atoms with Crippen molar-refractivity contribution in [2.45, 2.75) is 19.5 Å². The molecule has 0 radical (unpaired) electrons. The zero-order valence-electron chi connectivity index (χ0n) is 7.11. The lowest BCUT2D eigenvalue weighted by Crippen LogP contribution is -2.37. The van der Waals surface area contributed by atoms with Crippen molar-refractivity contribution in [2.75, 3.05) is 0 Å². The van der Waals surface area contributed by atoms with Gasteiger partial charge in [-0.1, -0.05) is 0 Å². The first kappa shape index (κ1) is 8.73. The number of hydrogen-bond acceptors (Lipinski definition) is 3. The maximum absolute atomic E-state index is 10.6. The number of rotatable bonds is 2. The molecule has 1 aromatic rings. The molecule has 1 heterocycles. The van der Waals surface area contributed by atoms with E-state index in [1.165, 1.54) is 10.7 Å². The van der Waals surface area contributed by atoms with E-state index in [4.69, 9.17) is 11.5 Å². The fourth-order valence-corrected chi connectivity index (χ4v) is 0.776. The molecule has 0 fully saturated rings. The van der Waals surface area contributed by atoms with Gasteiger partial charge in [0.25, 0.3) is 5.91 Å². The van der Waals surface area contributed by atoms with Crippen LogP contribution in [-0.4, -0.2) is 15.7 Å². The van der Waals surface area contributed by atoms with Gasteiger partial charge in [0.1, 0.15) is 11.4 Å². The number of carbonyl (C=O) groups is 1. The van der Waals surface area contributed by atoms with E-state index in [0.29, 0.717) is 0 Å². The van der Waals surface area contributed by atoms with Crippen LogP contribution in [-0.2, 0) is 5.66 Å². The van der Waals surface area contributed by atoms with Crippen LogP contribution in [0.15, 0.2) is 12.3 Å². The molecule has 0 saturated heterocycles. The number of nitrogens with zero attached hydrogens (tertiary/aromatic N) is 2. The molecular weight excluding hydrogens is 156 g/mol. The van der Waals surface area contributed by atoms with Gasteiger partial charge >= 0.3 is 0 Å². The molecule has 0 spiro atoms. The predicted octanol–water partition coefficient (Wildman–Crippen LogP) is -0.367. The second-order valence-corrected chi connectivity index (χ2v) is 3.16. The molecule has 1 rings (SSSR count).